The Labute approximate surface area is 164 Å². The van der Waals surface area contributed by atoms with Crippen molar-refractivity contribution in [2.75, 3.05) is 33.5 Å². The van der Waals surface area contributed by atoms with Gasteiger partial charge in [-0.3, -0.25) is 0 Å². The Morgan fingerprint density at radius 1 is 0.720 bits per heavy atom. The molecule has 0 unspecified atom stereocenters. The van der Waals surface area contributed by atoms with Crippen LogP contribution in [0.3, 0.4) is 0 Å². The van der Waals surface area contributed by atoms with Crippen molar-refractivity contribution in [3.63, 3.8) is 0 Å². The first-order chi connectivity index (χ1) is 12.1. The summed E-state index contributed by atoms with van der Waals surface area (Å²) in [5.74, 6) is 0. The van der Waals surface area contributed by atoms with Crippen LogP contribution in [0.15, 0.2) is 0 Å². The molecule has 0 amide bonds. The van der Waals surface area contributed by atoms with Gasteiger partial charge in [-0.05, 0) is 0 Å². The molecule has 25 heavy (non-hydrogen) atoms. The van der Waals surface area contributed by atoms with Crippen LogP contribution in [0.1, 0.15) is 79.1 Å². The van der Waals surface area contributed by atoms with Crippen molar-refractivity contribution in [1.29, 1.82) is 0 Å². The van der Waals surface area contributed by atoms with Crippen molar-refractivity contribution >= 4 is 29.7 Å². The fourth-order valence-corrected chi connectivity index (χ4v) is 7.23. The molecule has 0 N–H and O–H groups in total. The average Bonchev–Trinajstić information content (AvgIpc) is 2.60. The summed E-state index contributed by atoms with van der Waals surface area (Å²) in [6, 6.07) is 0. The van der Waals surface area contributed by atoms with Crippen LogP contribution in [0.25, 0.3) is 0 Å². The summed E-state index contributed by atoms with van der Waals surface area (Å²) in [7, 11) is 0.832. The number of unbranched alkanes of at least 4 members (excludes halogenated alkanes) is 4. The van der Waals surface area contributed by atoms with Crippen LogP contribution < -0.4 is 0 Å². The van der Waals surface area contributed by atoms with Gasteiger partial charge in [-0.25, -0.2) is 0 Å². The van der Waals surface area contributed by atoms with E-state index in [0.717, 1.165) is 51.4 Å². The van der Waals surface area contributed by atoms with E-state index in [1.54, 1.807) is 0 Å². The Bertz CT molecular complexity index is 327. The van der Waals surface area contributed by atoms with Gasteiger partial charge in [0.05, 0.1) is 0 Å². The van der Waals surface area contributed by atoms with Gasteiger partial charge in [0, 0.05) is 0 Å². The average molecular weight is 462 g/mol. The second-order valence-corrected chi connectivity index (χ2v) is 12.8. The molecule has 0 spiro atoms. The molecular formula is C17H39NO4P2Se. The number of rotatable bonds is 18. The zero-order valence-electron chi connectivity index (χ0n) is 16.9. The molecule has 0 fully saturated rings. The van der Waals surface area contributed by atoms with Gasteiger partial charge in [0.2, 0.25) is 0 Å². The van der Waals surface area contributed by atoms with Crippen LogP contribution >= 0.6 is 14.6 Å². The number of nitrogens with zero attached hydrogens (tertiary/aromatic N) is 1. The third-order valence-electron chi connectivity index (χ3n) is 3.49. The number of hydrogen-bond donors (Lipinski definition) is 0. The first-order valence-corrected chi connectivity index (χ1v) is 14.7. The summed E-state index contributed by atoms with van der Waals surface area (Å²) >= 11 is 3.22. The molecule has 0 aromatic carbocycles. The summed E-state index contributed by atoms with van der Waals surface area (Å²) in [5.41, 5.74) is 0. The SMILES string of the molecule is CCCCOP(OCCCC)N(C)P(=[Se])(OCCCC)OCCCC. The first-order valence-electron chi connectivity index (χ1n) is 9.74. The molecule has 0 radical (unpaired) electrons. The predicted molar refractivity (Wildman–Crippen MR) is 111 cm³/mol. The molecule has 0 rings (SSSR count). The van der Waals surface area contributed by atoms with E-state index < -0.39 is 14.6 Å². The van der Waals surface area contributed by atoms with E-state index >= 15 is 0 Å². The van der Waals surface area contributed by atoms with Crippen molar-refractivity contribution in [2.24, 2.45) is 0 Å². The van der Waals surface area contributed by atoms with Crippen LogP contribution in [-0.2, 0) is 18.1 Å². The maximum absolute atomic E-state index is 6.19. The zero-order valence-corrected chi connectivity index (χ0v) is 20.4. The van der Waals surface area contributed by atoms with Crippen LogP contribution in [0.5, 0.6) is 0 Å². The van der Waals surface area contributed by atoms with Crippen molar-refractivity contribution in [1.82, 2.24) is 4.44 Å². The van der Waals surface area contributed by atoms with Crippen LogP contribution in [-0.4, -0.2) is 53.0 Å². The molecule has 0 saturated carbocycles. The zero-order chi connectivity index (χ0) is 19.0. The van der Waals surface area contributed by atoms with Crippen molar-refractivity contribution in [3.05, 3.63) is 0 Å². The van der Waals surface area contributed by atoms with Gasteiger partial charge in [-0.2, -0.15) is 0 Å². The van der Waals surface area contributed by atoms with Gasteiger partial charge in [0.1, 0.15) is 0 Å². The molecule has 0 aromatic heterocycles. The number of hydrogen-bond acceptors (Lipinski definition) is 5. The molecule has 0 aliphatic heterocycles. The van der Waals surface area contributed by atoms with E-state index in [2.05, 4.69) is 47.2 Å². The second-order valence-electron chi connectivity index (χ2n) is 5.94. The fourth-order valence-electron chi connectivity index (χ4n) is 1.72. The third-order valence-corrected chi connectivity index (χ3v) is 11.3. The first kappa shape index (κ1) is 26.2. The molecule has 0 heterocycles. The Morgan fingerprint density at radius 3 is 1.44 bits per heavy atom. The van der Waals surface area contributed by atoms with E-state index in [1.165, 1.54) is 0 Å². The molecule has 0 aliphatic carbocycles. The Morgan fingerprint density at radius 2 is 1.08 bits per heavy atom. The molecule has 0 aromatic rings. The van der Waals surface area contributed by atoms with E-state index in [9.17, 15) is 0 Å². The van der Waals surface area contributed by atoms with Gasteiger partial charge < -0.3 is 0 Å². The minimum absolute atomic E-state index is 0.695. The molecule has 5 nitrogen and oxygen atoms in total. The Hall–Kier alpha value is 1.18. The maximum atomic E-state index is 6.19. The molecule has 0 bridgehead atoms. The minimum atomic E-state index is -2.29. The van der Waals surface area contributed by atoms with E-state index in [4.69, 9.17) is 18.1 Å². The topological polar surface area (TPSA) is 40.2 Å². The van der Waals surface area contributed by atoms with Crippen molar-refractivity contribution in [2.45, 2.75) is 79.1 Å². The van der Waals surface area contributed by atoms with Gasteiger partial charge in [0.25, 0.3) is 0 Å². The molecule has 0 atom stereocenters. The second kappa shape index (κ2) is 17.3. The van der Waals surface area contributed by atoms with E-state index in [1.807, 2.05) is 7.05 Å². The van der Waals surface area contributed by atoms with Crippen LogP contribution in [0.4, 0.5) is 0 Å². The summed E-state index contributed by atoms with van der Waals surface area (Å²) in [4.78, 5) is 0. The van der Waals surface area contributed by atoms with Crippen molar-refractivity contribution < 1.29 is 18.1 Å². The summed E-state index contributed by atoms with van der Waals surface area (Å²) in [6.07, 6.45) is 6.28. The van der Waals surface area contributed by atoms with Crippen LogP contribution in [0, 0.1) is 0 Å². The van der Waals surface area contributed by atoms with E-state index in [-0.39, 0.29) is 0 Å². The van der Waals surface area contributed by atoms with Gasteiger partial charge >= 0.3 is 165 Å². The van der Waals surface area contributed by atoms with Crippen molar-refractivity contribution in [3.8, 4) is 0 Å². The molecular weight excluding hydrogens is 423 g/mol. The predicted octanol–water partition coefficient (Wildman–Crippen LogP) is 6.26. The van der Waals surface area contributed by atoms with E-state index in [0.29, 0.717) is 26.4 Å². The molecule has 8 heteroatoms. The fraction of sp³-hybridized carbons (Fsp3) is 1.00. The summed E-state index contributed by atoms with van der Waals surface area (Å²) in [6.45, 7) is 11.5. The summed E-state index contributed by atoms with van der Waals surface area (Å²) in [5, 5.41) is 0. The van der Waals surface area contributed by atoms with Gasteiger partial charge in [-0.15, -0.1) is 0 Å². The summed E-state index contributed by atoms with van der Waals surface area (Å²) < 4.78 is 26.6. The molecule has 0 aliphatic rings. The Kier molecular flexibility index (Phi) is 18.1. The standard InChI is InChI=1S/C17H39NO4P2Se/c1-6-10-14-19-23(20-15-11-7-2)18(5)24(25,21-16-12-8-3)22-17-13-9-4/h6-17H2,1-5H3. The van der Waals surface area contributed by atoms with Gasteiger partial charge in [0.15, 0.2) is 0 Å². The van der Waals surface area contributed by atoms with Gasteiger partial charge in [-0.1, -0.05) is 0 Å². The monoisotopic (exact) mass is 463 g/mol. The molecule has 0 saturated heterocycles. The quantitative estimate of drug-likeness (QED) is 0.137. The molecule has 152 valence electrons. The third kappa shape index (κ3) is 12.3. The normalized spacial score (nSPS) is 12.4. The Balaban J connectivity index is 4.95. The van der Waals surface area contributed by atoms with Crippen LogP contribution in [0.2, 0.25) is 0 Å².